The van der Waals surface area contributed by atoms with Crippen molar-refractivity contribution in [2.24, 2.45) is 0 Å². The topological polar surface area (TPSA) is 108 Å². The molecule has 2 amide bonds. The molecule has 1 unspecified atom stereocenters. The molecule has 1 aromatic heterocycles. The minimum Gasteiger partial charge on any atom is -0.461 e. The number of esters is 1. The number of piperidine rings is 1. The second-order valence-electron chi connectivity index (χ2n) is 4.45. The summed E-state index contributed by atoms with van der Waals surface area (Å²) in [5, 5.41) is 0. The normalized spacial score (nSPS) is 19.3. The van der Waals surface area contributed by atoms with E-state index in [2.05, 4.69) is 4.98 Å². The fraction of sp³-hybridized carbons (Fsp3) is 0.500. The van der Waals surface area contributed by atoms with E-state index >= 15 is 0 Å². The minimum absolute atomic E-state index is 0.0146. The molecule has 1 fully saturated rings. The third kappa shape index (κ3) is 2.24. The number of carbonyl (C=O) groups excluding carboxylic acids is 3. The SMILES string of the molecule is CCOC(=O)c1ncn(C2CCC(=O)N(C)C2=O)c1N. The Morgan fingerprint density at radius 2 is 2.25 bits per heavy atom. The molecule has 1 aromatic rings. The summed E-state index contributed by atoms with van der Waals surface area (Å²) in [5.74, 6) is -1.14. The number of nitrogens with two attached hydrogens (primary N) is 1. The molecule has 8 nitrogen and oxygen atoms in total. The van der Waals surface area contributed by atoms with Gasteiger partial charge in [0.1, 0.15) is 11.9 Å². The first-order valence-corrected chi connectivity index (χ1v) is 6.27. The van der Waals surface area contributed by atoms with Crippen molar-refractivity contribution in [3.63, 3.8) is 0 Å². The van der Waals surface area contributed by atoms with Crippen LogP contribution in [-0.2, 0) is 14.3 Å². The smallest absolute Gasteiger partial charge is 0.360 e. The van der Waals surface area contributed by atoms with Crippen molar-refractivity contribution in [3.05, 3.63) is 12.0 Å². The summed E-state index contributed by atoms with van der Waals surface area (Å²) >= 11 is 0. The van der Waals surface area contributed by atoms with Gasteiger partial charge in [-0.3, -0.25) is 14.5 Å². The Morgan fingerprint density at radius 3 is 2.90 bits per heavy atom. The van der Waals surface area contributed by atoms with Crippen molar-refractivity contribution < 1.29 is 19.1 Å². The lowest BCUT2D eigenvalue weighted by atomic mass is 10.0. The number of likely N-dealkylation sites (tertiary alicyclic amines) is 1. The average Bonchev–Trinajstić information content (AvgIpc) is 2.79. The van der Waals surface area contributed by atoms with Crippen LogP contribution < -0.4 is 5.73 Å². The third-order valence-corrected chi connectivity index (χ3v) is 3.26. The first kappa shape index (κ1) is 14.0. The highest BCUT2D eigenvalue weighted by molar-refractivity contribution is 6.00. The van der Waals surface area contributed by atoms with Crippen LogP contribution in [0.25, 0.3) is 0 Å². The molecule has 8 heteroatoms. The van der Waals surface area contributed by atoms with Gasteiger partial charge in [-0.15, -0.1) is 0 Å². The molecule has 1 atom stereocenters. The van der Waals surface area contributed by atoms with Gasteiger partial charge in [-0.2, -0.15) is 0 Å². The summed E-state index contributed by atoms with van der Waals surface area (Å²) in [7, 11) is 1.43. The van der Waals surface area contributed by atoms with Gasteiger partial charge >= 0.3 is 5.97 Å². The Balaban J connectivity index is 2.28. The first-order valence-electron chi connectivity index (χ1n) is 6.27. The number of carbonyl (C=O) groups is 3. The van der Waals surface area contributed by atoms with E-state index in [0.29, 0.717) is 6.42 Å². The van der Waals surface area contributed by atoms with Crippen molar-refractivity contribution in [3.8, 4) is 0 Å². The number of imidazole rings is 1. The lowest BCUT2D eigenvalue weighted by Gasteiger charge is -2.28. The number of amides is 2. The van der Waals surface area contributed by atoms with Crippen LogP contribution in [0.2, 0.25) is 0 Å². The molecule has 0 bridgehead atoms. The molecule has 1 saturated heterocycles. The van der Waals surface area contributed by atoms with Gasteiger partial charge in [-0.05, 0) is 13.3 Å². The van der Waals surface area contributed by atoms with Gasteiger partial charge in [0.05, 0.1) is 12.9 Å². The molecular formula is C12H16N4O4. The largest absolute Gasteiger partial charge is 0.461 e. The summed E-state index contributed by atoms with van der Waals surface area (Å²) in [6, 6.07) is -0.617. The first-order chi connectivity index (χ1) is 9.47. The fourth-order valence-electron chi connectivity index (χ4n) is 2.13. The maximum absolute atomic E-state index is 12.1. The molecule has 108 valence electrons. The van der Waals surface area contributed by atoms with E-state index in [1.165, 1.54) is 17.9 Å². The van der Waals surface area contributed by atoms with Crippen LogP contribution in [0, 0.1) is 0 Å². The predicted molar refractivity (Wildman–Crippen MR) is 68.6 cm³/mol. The summed E-state index contributed by atoms with van der Waals surface area (Å²) in [6.07, 6.45) is 1.91. The number of imide groups is 1. The van der Waals surface area contributed by atoms with E-state index in [1.54, 1.807) is 6.92 Å². The zero-order chi connectivity index (χ0) is 14.9. The van der Waals surface area contributed by atoms with Crippen LogP contribution in [-0.4, -0.2) is 45.9 Å². The molecule has 1 aliphatic heterocycles. The highest BCUT2D eigenvalue weighted by Crippen LogP contribution is 2.26. The molecule has 0 saturated carbocycles. The molecule has 0 radical (unpaired) electrons. The molecule has 0 aliphatic carbocycles. The average molecular weight is 280 g/mol. The Kier molecular flexibility index (Phi) is 3.73. The lowest BCUT2D eigenvalue weighted by molar-refractivity contribution is -0.149. The fourth-order valence-corrected chi connectivity index (χ4v) is 2.13. The standard InChI is InChI=1S/C12H16N4O4/c1-3-20-12(19)9-10(13)16(6-14-9)7-4-5-8(17)15(2)11(7)18/h6-7H,3-5,13H2,1-2H3. The van der Waals surface area contributed by atoms with Crippen LogP contribution in [0.5, 0.6) is 0 Å². The molecular weight excluding hydrogens is 264 g/mol. The second kappa shape index (κ2) is 5.32. The van der Waals surface area contributed by atoms with Gasteiger partial charge in [0.2, 0.25) is 5.91 Å². The van der Waals surface area contributed by atoms with E-state index in [0.717, 1.165) is 4.90 Å². The summed E-state index contributed by atoms with van der Waals surface area (Å²) in [5.41, 5.74) is 5.84. The van der Waals surface area contributed by atoms with Crippen LogP contribution in [0.1, 0.15) is 36.3 Å². The Labute approximate surface area is 115 Å². The van der Waals surface area contributed by atoms with Crippen LogP contribution in [0.15, 0.2) is 6.33 Å². The van der Waals surface area contributed by atoms with Gasteiger partial charge in [0.25, 0.3) is 5.91 Å². The Morgan fingerprint density at radius 1 is 1.55 bits per heavy atom. The molecule has 1 aliphatic rings. The Bertz CT molecular complexity index is 566. The second-order valence-corrected chi connectivity index (χ2v) is 4.45. The van der Waals surface area contributed by atoms with Crippen LogP contribution in [0.4, 0.5) is 5.82 Å². The highest BCUT2D eigenvalue weighted by atomic mass is 16.5. The maximum Gasteiger partial charge on any atom is 0.360 e. The van der Waals surface area contributed by atoms with Crippen molar-refractivity contribution >= 4 is 23.6 Å². The number of aromatic nitrogens is 2. The molecule has 2 N–H and O–H groups in total. The number of hydrogen-bond donors (Lipinski definition) is 1. The lowest BCUT2D eigenvalue weighted by Crippen LogP contribution is -2.43. The number of nitrogens with zero attached hydrogens (tertiary/aromatic N) is 3. The molecule has 2 heterocycles. The number of hydrogen-bond acceptors (Lipinski definition) is 6. The van der Waals surface area contributed by atoms with Crippen LogP contribution in [0.3, 0.4) is 0 Å². The quantitative estimate of drug-likeness (QED) is 0.615. The van der Waals surface area contributed by atoms with Gasteiger partial charge in [-0.1, -0.05) is 0 Å². The van der Waals surface area contributed by atoms with Crippen molar-refractivity contribution in [1.29, 1.82) is 0 Å². The van der Waals surface area contributed by atoms with Crippen molar-refractivity contribution in [2.45, 2.75) is 25.8 Å². The zero-order valence-electron chi connectivity index (χ0n) is 11.3. The molecule has 0 spiro atoms. The number of likely N-dealkylation sites (N-methyl/N-ethyl adjacent to an activating group) is 1. The number of anilines is 1. The number of ether oxygens (including phenoxy) is 1. The van der Waals surface area contributed by atoms with E-state index < -0.39 is 12.0 Å². The van der Waals surface area contributed by atoms with Crippen molar-refractivity contribution in [2.75, 3.05) is 19.4 Å². The van der Waals surface area contributed by atoms with Crippen molar-refractivity contribution in [1.82, 2.24) is 14.5 Å². The predicted octanol–water partition coefficient (Wildman–Crippen LogP) is -0.0381. The van der Waals surface area contributed by atoms with Gasteiger partial charge < -0.3 is 15.0 Å². The van der Waals surface area contributed by atoms with E-state index in [9.17, 15) is 14.4 Å². The molecule has 0 aromatic carbocycles. The van der Waals surface area contributed by atoms with E-state index in [4.69, 9.17) is 10.5 Å². The molecule has 20 heavy (non-hydrogen) atoms. The number of rotatable bonds is 3. The maximum atomic E-state index is 12.1. The minimum atomic E-state index is -0.628. The third-order valence-electron chi connectivity index (χ3n) is 3.26. The van der Waals surface area contributed by atoms with Gasteiger partial charge in [0.15, 0.2) is 5.69 Å². The zero-order valence-corrected chi connectivity index (χ0v) is 11.3. The van der Waals surface area contributed by atoms with E-state index in [1.807, 2.05) is 0 Å². The van der Waals surface area contributed by atoms with Gasteiger partial charge in [0, 0.05) is 13.5 Å². The monoisotopic (exact) mass is 280 g/mol. The highest BCUT2D eigenvalue weighted by Gasteiger charge is 2.34. The van der Waals surface area contributed by atoms with E-state index in [-0.39, 0.29) is 36.4 Å². The summed E-state index contributed by atoms with van der Waals surface area (Å²) in [4.78, 5) is 40.1. The number of nitrogen functional groups attached to an aromatic ring is 1. The van der Waals surface area contributed by atoms with Gasteiger partial charge in [-0.25, -0.2) is 9.78 Å². The Hall–Kier alpha value is -2.38. The summed E-state index contributed by atoms with van der Waals surface area (Å²) < 4.78 is 6.24. The van der Waals surface area contributed by atoms with Crippen LogP contribution >= 0.6 is 0 Å². The molecule has 2 rings (SSSR count). The summed E-state index contributed by atoms with van der Waals surface area (Å²) in [6.45, 7) is 1.89.